The van der Waals surface area contributed by atoms with Crippen molar-refractivity contribution < 1.29 is 42.2 Å². The van der Waals surface area contributed by atoms with Crippen LogP contribution in [0.2, 0.25) is 0 Å². The molecule has 1 atom stereocenters. The number of nitrogens with zero attached hydrogens (tertiary/aromatic N) is 1. The minimum absolute atomic E-state index is 0.0536. The predicted octanol–water partition coefficient (Wildman–Crippen LogP) is 3.47. The molecule has 0 N–H and O–H groups in total. The van der Waals surface area contributed by atoms with Crippen molar-refractivity contribution in [2.75, 3.05) is 14.2 Å². The third kappa shape index (κ3) is 5.32. The van der Waals surface area contributed by atoms with E-state index in [1.807, 2.05) is 30.3 Å². The zero-order chi connectivity index (χ0) is 23.1. The molecular formula is C22H21F2NO7. The summed E-state index contributed by atoms with van der Waals surface area (Å²) in [6, 6.07) is 13.4. The lowest BCUT2D eigenvalue weighted by atomic mass is 9.91. The van der Waals surface area contributed by atoms with E-state index in [0.717, 1.165) is 12.7 Å². The van der Waals surface area contributed by atoms with E-state index in [2.05, 4.69) is 14.6 Å². The summed E-state index contributed by atoms with van der Waals surface area (Å²) in [7, 11) is 2.34. The standard InChI is InChI=1S/C22H21F2NO7/c1-28-19(26)12-22(20(27)29-2)11-16(25-32-22)15-8-9-17(31-21(23)24)18(10-15)30-13-14-6-4-3-5-7-14/h3-10,21H,11-13H2,1-2H3. The second kappa shape index (κ2) is 10.1. The summed E-state index contributed by atoms with van der Waals surface area (Å²) in [5.41, 5.74) is -0.122. The zero-order valence-electron chi connectivity index (χ0n) is 17.4. The molecule has 170 valence electrons. The Morgan fingerprint density at radius 3 is 2.50 bits per heavy atom. The van der Waals surface area contributed by atoms with Gasteiger partial charge in [0, 0.05) is 12.0 Å². The molecule has 0 amide bonds. The van der Waals surface area contributed by atoms with Gasteiger partial charge in [-0.25, -0.2) is 4.79 Å². The number of carbonyl (C=O) groups is 2. The van der Waals surface area contributed by atoms with Gasteiger partial charge in [-0.15, -0.1) is 0 Å². The first-order chi connectivity index (χ1) is 15.4. The number of methoxy groups -OCH3 is 2. The van der Waals surface area contributed by atoms with Crippen molar-refractivity contribution in [3.63, 3.8) is 0 Å². The molecule has 2 aromatic carbocycles. The average molecular weight is 449 g/mol. The quantitative estimate of drug-likeness (QED) is 0.541. The van der Waals surface area contributed by atoms with Crippen LogP contribution < -0.4 is 9.47 Å². The maximum absolute atomic E-state index is 12.8. The largest absolute Gasteiger partial charge is 0.485 e. The van der Waals surface area contributed by atoms with Crippen LogP contribution in [0.4, 0.5) is 8.78 Å². The van der Waals surface area contributed by atoms with Gasteiger partial charge in [-0.3, -0.25) is 4.79 Å². The summed E-state index contributed by atoms with van der Waals surface area (Å²) in [5.74, 6) is -1.58. The molecule has 1 heterocycles. The monoisotopic (exact) mass is 449 g/mol. The van der Waals surface area contributed by atoms with Crippen molar-refractivity contribution in [3.05, 3.63) is 59.7 Å². The molecule has 0 fully saturated rings. The molecule has 32 heavy (non-hydrogen) atoms. The van der Waals surface area contributed by atoms with Crippen LogP contribution in [-0.4, -0.2) is 44.1 Å². The highest BCUT2D eigenvalue weighted by molar-refractivity contribution is 6.06. The van der Waals surface area contributed by atoms with Crippen LogP contribution in [0, 0.1) is 0 Å². The summed E-state index contributed by atoms with van der Waals surface area (Å²) in [6.45, 7) is -2.93. The van der Waals surface area contributed by atoms with Crippen LogP contribution in [0.3, 0.4) is 0 Å². The van der Waals surface area contributed by atoms with E-state index in [4.69, 9.17) is 14.3 Å². The Bertz CT molecular complexity index is 997. The Morgan fingerprint density at radius 1 is 1.09 bits per heavy atom. The van der Waals surface area contributed by atoms with E-state index >= 15 is 0 Å². The van der Waals surface area contributed by atoms with Crippen molar-refractivity contribution in [3.8, 4) is 11.5 Å². The number of oxime groups is 1. The number of hydrogen-bond donors (Lipinski definition) is 0. The molecule has 2 aromatic rings. The van der Waals surface area contributed by atoms with Gasteiger partial charge in [0.2, 0.25) is 5.60 Å². The first kappa shape index (κ1) is 23.0. The molecule has 0 saturated heterocycles. The predicted molar refractivity (Wildman–Crippen MR) is 107 cm³/mol. The van der Waals surface area contributed by atoms with Gasteiger partial charge in [-0.2, -0.15) is 8.78 Å². The van der Waals surface area contributed by atoms with Gasteiger partial charge in [-0.1, -0.05) is 35.5 Å². The maximum atomic E-state index is 12.8. The molecule has 0 spiro atoms. The number of halogens is 2. The first-order valence-electron chi connectivity index (χ1n) is 9.53. The average Bonchev–Trinajstić information content (AvgIpc) is 3.23. The summed E-state index contributed by atoms with van der Waals surface area (Å²) < 4.78 is 45.3. The van der Waals surface area contributed by atoms with Crippen LogP contribution in [-0.2, 0) is 30.5 Å². The normalized spacial score (nSPS) is 17.3. The van der Waals surface area contributed by atoms with Crippen LogP contribution in [0.1, 0.15) is 24.0 Å². The number of ether oxygens (including phenoxy) is 4. The topological polar surface area (TPSA) is 92.7 Å². The van der Waals surface area contributed by atoms with Gasteiger partial charge in [-0.05, 0) is 23.8 Å². The molecule has 0 bridgehead atoms. The van der Waals surface area contributed by atoms with Gasteiger partial charge < -0.3 is 23.8 Å². The van der Waals surface area contributed by atoms with Crippen LogP contribution in [0.15, 0.2) is 53.7 Å². The summed E-state index contributed by atoms with van der Waals surface area (Å²) in [5, 5.41) is 3.93. The van der Waals surface area contributed by atoms with Crippen molar-refractivity contribution >= 4 is 17.7 Å². The second-order valence-corrected chi connectivity index (χ2v) is 6.86. The maximum Gasteiger partial charge on any atom is 0.387 e. The smallest absolute Gasteiger partial charge is 0.387 e. The number of benzene rings is 2. The van der Waals surface area contributed by atoms with Crippen LogP contribution in [0.25, 0.3) is 0 Å². The Morgan fingerprint density at radius 2 is 1.84 bits per heavy atom. The number of rotatable bonds is 9. The fraction of sp³-hybridized carbons (Fsp3) is 0.318. The Balaban J connectivity index is 1.85. The molecular weight excluding hydrogens is 428 g/mol. The molecule has 1 aliphatic rings. The Labute approximate surface area is 182 Å². The molecule has 0 radical (unpaired) electrons. The number of esters is 2. The Hall–Kier alpha value is -3.69. The summed E-state index contributed by atoms with van der Waals surface area (Å²) >= 11 is 0. The van der Waals surface area contributed by atoms with Gasteiger partial charge in [0.15, 0.2) is 11.5 Å². The molecule has 0 saturated carbocycles. The first-order valence-corrected chi connectivity index (χ1v) is 9.53. The number of carbonyl (C=O) groups excluding carboxylic acids is 2. The van der Waals surface area contributed by atoms with E-state index < -0.39 is 30.6 Å². The van der Waals surface area contributed by atoms with Crippen molar-refractivity contribution in [2.24, 2.45) is 5.16 Å². The van der Waals surface area contributed by atoms with Gasteiger partial charge >= 0.3 is 18.6 Å². The third-order valence-electron chi connectivity index (χ3n) is 4.73. The molecule has 0 aliphatic carbocycles. The van der Waals surface area contributed by atoms with E-state index in [1.54, 1.807) is 0 Å². The lowest BCUT2D eigenvalue weighted by Gasteiger charge is -2.22. The van der Waals surface area contributed by atoms with Gasteiger partial charge in [0.1, 0.15) is 6.61 Å². The van der Waals surface area contributed by atoms with Crippen molar-refractivity contribution in [2.45, 2.75) is 31.7 Å². The SMILES string of the molecule is COC(=O)CC1(C(=O)OC)CC(c2ccc(OC(F)F)c(OCc3ccccc3)c2)=NO1. The third-order valence-corrected chi connectivity index (χ3v) is 4.73. The summed E-state index contributed by atoms with van der Waals surface area (Å²) in [6.07, 6.45) is -0.505. The zero-order valence-corrected chi connectivity index (χ0v) is 17.4. The molecule has 1 aliphatic heterocycles. The molecule has 0 aromatic heterocycles. The molecule has 10 heteroatoms. The van der Waals surface area contributed by atoms with E-state index in [1.165, 1.54) is 25.3 Å². The highest BCUT2D eigenvalue weighted by atomic mass is 19.3. The minimum Gasteiger partial charge on any atom is -0.485 e. The van der Waals surface area contributed by atoms with Crippen LogP contribution in [0.5, 0.6) is 11.5 Å². The van der Waals surface area contributed by atoms with Crippen LogP contribution >= 0.6 is 0 Å². The minimum atomic E-state index is -3.04. The molecule has 8 nitrogen and oxygen atoms in total. The van der Waals surface area contributed by atoms with Crippen molar-refractivity contribution in [1.29, 1.82) is 0 Å². The van der Waals surface area contributed by atoms with E-state index in [0.29, 0.717) is 11.3 Å². The molecule has 3 rings (SSSR count). The fourth-order valence-electron chi connectivity index (χ4n) is 3.13. The summed E-state index contributed by atoms with van der Waals surface area (Å²) in [4.78, 5) is 29.4. The second-order valence-electron chi connectivity index (χ2n) is 6.86. The lowest BCUT2D eigenvalue weighted by molar-refractivity contribution is -0.173. The fourth-order valence-corrected chi connectivity index (χ4v) is 3.13. The molecule has 1 unspecified atom stereocenters. The highest BCUT2D eigenvalue weighted by Crippen LogP contribution is 2.35. The highest BCUT2D eigenvalue weighted by Gasteiger charge is 2.50. The van der Waals surface area contributed by atoms with Crippen molar-refractivity contribution in [1.82, 2.24) is 0 Å². The number of hydrogen-bond acceptors (Lipinski definition) is 8. The number of alkyl halides is 2. The van der Waals surface area contributed by atoms with Gasteiger partial charge in [0.05, 0.1) is 26.4 Å². The van der Waals surface area contributed by atoms with E-state index in [9.17, 15) is 18.4 Å². The van der Waals surface area contributed by atoms with E-state index in [-0.39, 0.29) is 24.5 Å². The van der Waals surface area contributed by atoms with Gasteiger partial charge in [0.25, 0.3) is 0 Å². The Kier molecular flexibility index (Phi) is 7.24. The lowest BCUT2D eigenvalue weighted by Crippen LogP contribution is -2.42.